The summed E-state index contributed by atoms with van der Waals surface area (Å²) in [5, 5.41) is 18.7. The second-order valence-electron chi connectivity index (χ2n) is 6.30. The van der Waals surface area contributed by atoms with Crippen molar-refractivity contribution < 1.29 is 13.3 Å². The maximum Gasteiger partial charge on any atom is 0.293 e. The van der Waals surface area contributed by atoms with Crippen molar-refractivity contribution in [2.24, 2.45) is 0 Å². The smallest absolute Gasteiger partial charge is 0.293 e. The molecule has 0 aliphatic carbocycles. The lowest BCUT2D eigenvalue weighted by Gasteiger charge is -2.11. The Kier molecular flexibility index (Phi) is 5.02. The van der Waals surface area contributed by atoms with Gasteiger partial charge in [-0.05, 0) is 30.3 Å². The summed E-state index contributed by atoms with van der Waals surface area (Å²) in [6.45, 7) is 0.232. The summed E-state index contributed by atoms with van der Waals surface area (Å²) < 4.78 is 29.2. The van der Waals surface area contributed by atoms with Crippen molar-refractivity contribution in [2.45, 2.75) is 11.4 Å². The van der Waals surface area contributed by atoms with Crippen LogP contribution in [0.1, 0.15) is 5.69 Å². The molecule has 11 heteroatoms. The van der Waals surface area contributed by atoms with Crippen LogP contribution in [-0.4, -0.2) is 27.9 Å². The summed E-state index contributed by atoms with van der Waals surface area (Å²) in [5.74, 6) is 0. The lowest BCUT2D eigenvalue weighted by atomic mass is 10.2. The number of sulfonamides is 1. The standard InChI is InChI=1S/C19H16N6O4S/c26-25(27)18-12-16(30(28,29)23-14-4-2-1-3-5-14)6-7-17(18)21-13-15-8-10-20-19-9-11-22-24(15)19/h1-12,21,23H,13H2. The molecule has 0 aliphatic rings. The monoisotopic (exact) mass is 424 g/mol. The fraction of sp³-hybridized carbons (Fsp3) is 0.0526. The van der Waals surface area contributed by atoms with Crippen molar-refractivity contribution >= 4 is 32.7 Å². The Bertz CT molecular complexity index is 1320. The Hall–Kier alpha value is -3.99. The minimum atomic E-state index is -3.98. The van der Waals surface area contributed by atoms with Crippen LogP contribution in [-0.2, 0) is 16.6 Å². The van der Waals surface area contributed by atoms with Crippen LogP contribution in [0, 0.1) is 10.1 Å². The number of anilines is 2. The van der Waals surface area contributed by atoms with E-state index in [9.17, 15) is 18.5 Å². The first-order valence-electron chi connectivity index (χ1n) is 8.82. The predicted molar refractivity (Wildman–Crippen MR) is 111 cm³/mol. The largest absolute Gasteiger partial charge is 0.374 e. The second-order valence-corrected chi connectivity index (χ2v) is 7.98. The SMILES string of the molecule is O=[N+]([O-])c1cc(S(=O)(=O)Nc2ccccc2)ccc1NCc1ccnc2ccnn12. The van der Waals surface area contributed by atoms with Gasteiger partial charge in [0.25, 0.3) is 15.7 Å². The molecule has 0 amide bonds. The van der Waals surface area contributed by atoms with Crippen LogP contribution >= 0.6 is 0 Å². The topological polar surface area (TPSA) is 132 Å². The van der Waals surface area contributed by atoms with Crippen LogP contribution in [0.2, 0.25) is 0 Å². The third-order valence-electron chi connectivity index (χ3n) is 4.33. The van der Waals surface area contributed by atoms with Crippen molar-refractivity contribution in [3.8, 4) is 0 Å². The lowest BCUT2D eigenvalue weighted by Crippen LogP contribution is -2.14. The van der Waals surface area contributed by atoms with Crippen molar-refractivity contribution in [2.75, 3.05) is 10.0 Å². The highest BCUT2D eigenvalue weighted by molar-refractivity contribution is 7.92. The zero-order valence-electron chi connectivity index (χ0n) is 15.5. The minimum absolute atomic E-state index is 0.191. The zero-order valence-corrected chi connectivity index (χ0v) is 16.3. The van der Waals surface area contributed by atoms with Gasteiger partial charge in [0.1, 0.15) is 5.69 Å². The van der Waals surface area contributed by atoms with Crippen LogP contribution in [0.4, 0.5) is 17.1 Å². The van der Waals surface area contributed by atoms with E-state index in [1.165, 1.54) is 12.1 Å². The predicted octanol–water partition coefficient (Wildman–Crippen LogP) is 3.05. The van der Waals surface area contributed by atoms with Crippen LogP contribution in [0.5, 0.6) is 0 Å². The molecule has 2 heterocycles. The fourth-order valence-electron chi connectivity index (χ4n) is 2.90. The molecule has 0 atom stereocenters. The molecule has 0 unspecified atom stereocenters. The number of benzene rings is 2. The lowest BCUT2D eigenvalue weighted by molar-refractivity contribution is -0.384. The molecule has 0 saturated carbocycles. The highest BCUT2D eigenvalue weighted by atomic mass is 32.2. The maximum atomic E-state index is 12.6. The number of para-hydroxylation sites is 1. The maximum absolute atomic E-state index is 12.6. The molecule has 152 valence electrons. The number of nitro benzene ring substituents is 1. The molecule has 0 radical (unpaired) electrons. The van der Waals surface area contributed by atoms with E-state index >= 15 is 0 Å². The minimum Gasteiger partial charge on any atom is -0.374 e. The van der Waals surface area contributed by atoms with Gasteiger partial charge in [0.2, 0.25) is 0 Å². The zero-order chi connectivity index (χ0) is 21.1. The highest BCUT2D eigenvalue weighted by Crippen LogP contribution is 2.29. The quantitative estimate of drug-likeness (QED) is 0.344. The first-order valence-corrected chi connectivity index (χ1v) is 10.3. The number of fused-ring (bicyclic) bond motifs is 1. The van der Waals surface area contributed by atoms with Gasteiger partial charge < -0.3 is 5.32 Å². The highest BCUT2D eigenvalue weighted by Gasteiger charge is 2.21. The molecule has 2 aromatic carbocycles. The van der Waals surface area contributed by atoms with Gasteiger partial charge in [0, 0.05) is 24.0 Å². The first kappa shape index (κ1) is 19.3. The van der Waals surface area contributed by atoms with Crippen molar-refractivity contribution in [3.63, 3.8) is 0 Å². The Balaban J connectivity index is 1.60. The first-order chi connectivity index (χ1) is 14.4. The summed E-state index contributed by atoms with van der Waals surface area (Å²) >= 11 is 0. The van der Waals surface area contributed by atoms with Crippen molar-refractivity contribution in [1.29, 1.82) is 0 Å². The number of hydrogen-bond donors (Lipinski definition) is 2. The summed E-state index contributed by atoms with van der Waals surface area (Å²) in [7, 11) is -3.98. The Morgan fingerprint density at radius 3 is 2.60 bits per heavy atom. The van der Waals surface area contributed by atoms with Gasteiger partial charge in [0.15, 0.2) is 5.65 Å². The molecule has 0 spiro atoms. The van der Waals surface area contributed by atoms with Gasteiger partial charge in [-0.2, -0.15) is 5.10 Å². The summed E-state index contributed by atoms with van der Waals surface area (Å²) in [6.07, 6.45) is 3.22. The van der Waals surface area contributed by atoms with E-state index in [1.807, 2.05) is 0 Å². The molecular weight excluding hydrogens is 408 g/mol. The molecule has 30 heavy (non-hydrogen) atoms. The van der Waals surface area contributed by atoms with Gasteiger partial charge in [0.05, 0.1) is 28.3 Å². The fourth-order valence-corrected chi connectivity index (χ4v) is 3.98. The van der Waals surface area contributed by atoms with E-state index < -0.39 is 14.9 Å². The molecule has 2 N–H and O–H groups in total. The third kappa shape index (κ3) is 3.91. The van der Waals surface area contributed by atoms with Crippen LogP contribution in [0.3, 0.4) is 0 Å². The Labute approximate surface area is 171 Å². The molecule has 2 aromatic heterocycles. The van der Waals surface area contributed by atoms with Crippen LogP contribution < -0.4 is 10.0 Å². The number of rotatable bonds is 7. The normalized spacial score (nSPS) is 11.3. The Morgan fingerprint density at radius 2 is 1.83 bits per heavy atom. The average molecular weight is 424 g/mol. The molecule has 4 rings (SSSR count). The van der Waals surface area contributed by atoms with Crippen LogP contribution in [0.25, 0.3) is 5.65 Å². The molecule has 0 fully saturated rings. The molecule has 10 nitrogen and oxygen atoms in total. The number of nitro groups is 1. The van der Waals surface area contributed by atoms with Crippen LogP contribution in [0.15, 0.2) is 78.0 Å². The number of hydrogen-bond acceptors (Lipinski definition) is 7. The van der Waals surface area contributed by atoms with E-state index in [0.29, 0.717) is 11.3 Å². The third-order valence-corrected chi connectivity index (χ3v) is 5.71. The molecule has 4 aromatic rings. The average Bonchev–Trinajstić information content (AvgIpc) is 3.22. The van der Waals surface area contributed by atoms with E-state index in [2.05, 4.69) is 20.1 Å². The van der Waals surface area contributed by atoms with Gasteiger partial charge in [-0.3, -0.25) is 14.8 Å². The van der Waals surface area contributed by atoms with E-state index in [1.54, 1.807) is 59.4 Å². The Morgan fingerprint density at radius 1 is 1.03 bits per heavy atom. The van der Waals surface area contributed by atoms with E-state index in [4.69, 9.17) is 0 Å². The molecule has 0 bridgehead atoms. The van der Waals surface area contributed by atoms with Crippen molar-refractivity contribution in [3.05, 3.63) is 88.9 Å². The number of nitrogens with zero attached hydrogens (tertiary/aromatic N) is 4. The molecule has 0 saturated heterocycles. The summed E-state index contributed by atoms with van der Waals surface area (Å²) in [4.78, 5) is 14.9. The van der Waals surface area contributed by atoms with Crippen molar-refractivity contribution in [1.82, 2.24) is 14.6 Å². The number of aromatic nitrogens is 3. The summed E-state index contributed by atoms with van der Waals surface area (Å²) in [5.41, 5.74) is 1.59. The summed E-state index contributed by atoms with van der Waals surface area (Å²) in [6, 6.07) is 15.5. The van der Waals surface area contributed by atoms with Gasteiger partial charge >= 0.3 is 0 Å². The second kappa shape index (κ2) is 7.79. The van der Waals surface area contributed by atoms with Gasteiger partial charge in [-0.25, -0.2) is 17.9 Å². The van der Waals surface area contributed by atoms with E-state index in [-0.39, 0.29) is 22.8 Å². The van der Waals surface area contributed by atoms with E-state index in [0.717, 1.165) is 11.8 Å². The van der Waals surface area contributed by atoms with Gasteiger partial charge in [-0.15, -0.1) is 0 Å². The van der Waals surface area contributed by atoms with Gasteiger partial charge in [-0.1, -0.05) is 18.2 Å². The number of nitrogens with one attached hydrogen (secondary N) is 2. The molecule has 0 aliphatic heterocycles. The molecular formula is C19H16N6O4S.